The molecule has 4 heterocycles. The Morgan fingerprint density at radius 1 is 1.03 bits per heavy atom. The van der Waals surface area contributed by atoms with Crippen molar-refractivity contribution < 1.29 is 23.9 Å². The maximum absolute atomic E-state index is 14.1. The number of likely N-dealkylation sites (tertiary alicyclic amines) is 1. The van der Waals surface area contributed by atoms with Gasteiger partial charge in [0, 0.05) is 42.9 Å². The first-order valence-electron chi connectivity index (χ1n) is 13.8. The average molecular weight is 543 g/mol. The van der Waals surface area contributed by atoms with Gasteiger partial charge in [0.05, 0.1) is 31.2 Å². The third-order valence-electron chi connectivity index (χ3n) is 8.75. The van der Waals surface area contributed by atoms with Crippen LogP contribution in [0.2, 0.25) is 5.02 Å². The molecule has 0 unspecified atom stereocenters. The highest BCUT2D eigenvalue weighted by Gasteiger charge is 2.72. The summed E-state index contributed by atoms with van der Waals surface area (Å²) >= 11 is 6.00. The SMILES string of the molecule is O=C(Nc1ccc(Cl)cc1)[C@@H]1[C@H]2C=C[C@@]3(O2)[C@H]1C(=O)N(CCN1CCOCC1)[C@@H]3C(=O)NC1CCCCC1. The molecule has 38 heavy (non-hydrogen) atoms. The number of halogens is 1. The summed E-state index contributed by atoms with van der Waals surface area (Å²) in [4.78, 5) is 45.4. The van der Waals surface area contributed by atoms with E-state index in [9.17, 15) is 14.4 Å². The molecule has 2 bridgehead atoms. The number of hydrogen-bond donors (Lipinski definition) is 2. The number of carbonyl (C=O) groups excluding carboxylic acids is 3. The number of nitrogens with one attached hydrogen (secondary N) is 2. The zero-order valence-electron chi connectivity index (χ0n) is 21.4. The van der Waals surface area contributed by atoms with E-state index in [0.717, 1.165) is 38.8 Å². The second-order valence-electron chi connectivity index (χ2n) is 11.0. The van der Waals surface area contributed by atoms with Crippen LogP contribution in [0.3, 0.4) is 0 Å². The van der Waals surface area contributed by atoms with Crippen molar-refractivity contribution >= 4 is 35.0 Å². The van der Waals surface area contributed by atoms with Crippen LogP contribution in [0.25, 0.3) is 0 Å². The van der Waals surface area contributed by atoms with Gasteiger partial charge in [0.25, 0.3) is 0 Å². The number of nitrogens with zero attached hydrogens (tertiary/aromatic N) is 2. The summed E-state index contributed by atoms with van der Waals surface area (Å²) in [5.41, 5.74) is -0.547. The van der Waals surface area contributed by atoms with Crippen molar-refractivity contribution in [1.82, 2.24) is 15.1 Å². The molecule has 6 rings (SSSR count). The second kappa shape index (κ2) is 10.6. The molecule has 1 aromatic rings. The maximum atomic E-state index is 14.1. The van der Waals surface area contributed by atoms with Gasteiger partial charge in [0.2, 0.25) is 17.7 Å². The highest BCUT2D eigenvalue weighted by atomic mass is 35.5. The summed E-state index contributed by atoms with van der Waals surface area (Å²) in [6, 6.07) is 6.16. The van der Waals surface area contributed by atoms with Crippen LogP contribution >= 0.6 is 11.6 Å². The number of hydrogen-bond acceptors (Lipinski definition) is 6. The lowest BCUT2D eigenvalue weighted by Crippen LogP contribution is -2.57. The Balaban J connectivity index is 1.26. The molecule has 1 spiro atoms. The van der Waals surface area contributed by atoms with Gasteiger partial charge in [-0.2, -0.15) is 0 Å². The lowest BCUT2D eigenvalue weighted by Gasteiger charge is -2.35. The van der Waals surface area contributed by atoms with E-state index >= 15 is 0 Å². The van der Waals surface area contributed by atoms with E-state index in [0.29, 0.717) is 37.0 Å². The molecule has 204 valence electrons. The van der Waals surface area contributed by atoms with Crippen molar-refractivity contribution in [3.63, 3.8) is 0 Å². The normalized spacial score (nSPS) is 33.0. The topological polar surface area (TPSA) is 100 Å². The van der Waals surface area contributed by atoms with Crippen LogP contribution < -0.4 is 10.6 Å². The number of benzene rings is 1. The summed E-state index contributed by atoms with van der Waals surface area (Å²) in [5, 5.41) is 6.74. The van der Waals surface area contributed by atoms with Gasteiger partial charge in [-0.1, -0.05) is 43.0 Å². The standard InChI is InChI=1S/C28H35ClN4O5/c29-18-6-8-20(9-7-18)30-25(34)22-21-10-11-28(38-21)23(22)27(36)33(13-12-32-14-16-37-17-15-32)24(28)26(35)31-19-4-2-1-3-5-19/h6-11,19,21-24H,1-5,12-17H2,(H,30,34)(H,31,35)/t21-,22-,23-,24-,28-/m1/s1. The summed E-state index contributed by atoms with van der Waals surface area (Å²) < 4.78 is 11.9. The van der Waals surface area contributed by atoms with Crippen LogP contribution in [0.5, 0.6) is 0 Å². The number of fused-ring (bicyclic) bond motifs is 1. The van der Waals surface area contributed by atoms with E-state index in [1.807, 2.05) is 12.2 Å². The quantitative estimate of drug-likeness (QED) is 0.513. The van der Waals surface area contributed by atoms with Crippen LogP contribution in [0.15, 0.2) is 36.4 Å². The van der Waals surface area contributed by atoms with Crippen LogP contribution in [0.4, 0.5) is 5.69 Å². The molecule has 5 atom stereocenters. The molecule has 9 nitrogen and oxygen atoms in total. The number of carbonyl (C=O) groups is 3. The molecule has 10 heteroatoms. The van der Waals surface area contributed by atoms with Crippen LogP contribution in [-0.4, -0.2) is 90.7 Å². The fourth-order valence-electron chi connectivity index (χ4n) is 6.87. The summed E-state index contributed by atoms with van der Waals surface area (Å²) in [7, 11) is 0. The monoisotopic (exact) mass is 542 g/mol. The van der Waals surface area contributed by atoms with Crippen molar-refractivity contribution in [2.75, 3.05) is 44.7 Å². The molecular formula is C28H35ClN4O5. The molecule has 2 N–H and O–H groups in total. The van der Waals surface area contributed by atoms with Gasteiger partial charge in [-0.3, -0.25) is 19.3 Å². The molecule has 3 amide bonds. The minimum Gasteiger partial charge on any atom is -0.379 e. The fourth-order valence-corrected chi connectivity index (χ4v) is 6.99. The van der Waals surface area contributed by atoms with Gasteiger partial charge >= 0.3 is 0 Å². The third-order valence-corrected chi connectivity index (χ3v) is 9.00. The van der Waals surface area contributed by atoms with Gasteiger partial charge < -0.3 is 25.0 Å². The van der Waals surface area contributed by atoms with Crippen LogP contribution in [-0.2, 0) is 23.9 Å². The summed E-state index contributed by atoms with van der Waals surface area (Å²) in [6.07, 6.45) is 8.42. The van der Waals surface area contributed by atoms with E-state index < -0.39 is 29.6 Å². The zero-order valence-corrected chi connectivity index (χ0v) is 22.2. The molecule has 0 aromatic heterocycles. The molecule has 1 saturated carbocycles. The summed E-state index contributed by atoms with van der Waals surface area (Å²) in [5.74, 6) is -2.13. The van der Waals surface area contributed by atoms with Crippen molar-refractivity contribution in [2.45, 2.75) is 55.9 Å². The number of ether oxygens (including phenoxy) is 2. The van der Waals surface area contributed by atoms with Crippen molar-refractivity contribution in [1.29, 1.82) is 0 Å². The molecular weight excluding hydrogens is 508 g/mol. The maximum Gasteiger partial charge on any atom is 0.246 e. The van der Waals surface area contributed by atoms with Crippen molar-refractivity contribution in [3.05, 3.63) is 41.4 Å². The van der Waals surface area contributed by atoms with Gasteiger partial charge in [0.15, 0.2) is 0 Å². The van der Waals surface area contributed by atoms with Gasteiger partial charge in [-0.25, -0.2) is 0 Å². The Labute approximate surface area is 227 Å². The Kier molecular flexibility index (Phi) is 7.20. The lowest BCUT2D eigenvalue weighted by molar-refractivity contribution is -0.141. The largest absolute Gasteiger partial charge is 0.379 e. The third kappa shape index (κ3) is 4.63. The van der Waals surface area contributed by atoms with Gasteiger partial charge in [-0.05, 0) is 37.1 Å². The molecule has 1 aromatic carbocycles. The van der Waals surface area contributed by atoms with E-state index in [1.54, 1.807) is 29.2 Å². The van der Waals surface area contributed by atoms with Crippen LogP contribution in [0, 0.1) is 11.8 Å². The zero-order chi connectivity index (χ0) is 26.3. The summed E-state index contributed by atoms with van der Waals surface area (Å²) in [6.45, 7) is 3.94. The first kappa shape index (κ1) is 25.8. The van der Waals surface area contributed by atoms with E-state index in [4.69, 9.17) is 21.1 Å². The highest BCUT2D eigenvalue weighted by molar-refractivity contribution is 6.30. The lowest BCUT2D eigenvalue weighted by atomic mass is 9.74. The second-order valence-corrected chi connectivity index (χ2v) is 11.5. The fraction of sp³-hybridized carbons (Fsp3) is 0.607. The molecule has 4 aliphatic heterocycles. The highest BCUT2D eigenvalue weighted by Crippen LogP contribution is 2.55. The molecule has 1 aliphatic carbocycles. The number of anilines is 1. The molecule has 0 radical (unpaired) electrons. The Morgan fingerprint density at radius 2 is 1.76 bits per heavy atom. The Bertz CT molecular complexity index is 1100. The van der Waals surface area contributed by atoms with E-state index in [2.05, 4.69) is 15.5 Å². The molecule has 3 saturated heterocycles. The van der Waals surface area contributed by atoms with Crippen LogP contribution in [0.1, 0.15) is 32.1 Å². The van der Waals surface area contributed by atoms with Crippen molar-refractivity contribution in [3.8, 4) is 0 Å². The molecule has 4 fully saturated rings. The number of rotatable bonds is 7. The Hall–Kier alpha value is -2.46. The average Bonchev–Trinajstić information content (AvgIpc) is 3.57. The smallest absolute Gasteiger partial charge is 0.246 e. The molecule has 5 aliphatic rings. The Morgan fingerprint density at radius 3 is 2.50 bits per heavy atom. The first-order valence-corrected chi connectivity index (χ1v) is 14.2. The van der Waals surface area contributed by atoms with Crippen molar-refractivity contribution in [2.24, 2.45) is 11.8 Å². The van der Waals surface area contributed by atoms with Gasteiger partial charge in [0.1, 0.15) is 11.6 Å². The predicted octanol–water partition coefficient (Wildman–Crippen LogP) is 2.21. The van der Waals surface area contributed by atoms with E-state index in [-0.39, 0.29) is 23.8 Å². The number of morpholine rings is 1. The van der Waals surface area contributed by atoms with E-state index in [1.165, 1.54) is 6.42 Å². The van der Waals surface area contributed by atoms with Gasteiger partial charge in [-0.15, -0.1) is 0 Å². The first-order chi connectivity index (χ1) is 18.5. The minimum absolute atomic E-state index is 0.106. The number of amides is 3. The predicted molar refractivity (Wildman–Crippen MR) is 142 cm³/mol. The minimum atomic E-state index is -1.15.